The lowest BCUT2D eigenvalue weighted by atomic mass is 10.2. The second kappa shape index (κ2) is 9.96. The first-order valence-electron chi connectivity index (χ1n) is 8.50. The molecule has 148 valence electrons. The van der Waals surface area contributed by atoms with E-state index in [1.807, 2.05) is 13.8 Å². The highest BCUT2D eigenvalue weighted by Gasteiger charge is 2.12. The van der Waals surface area contributed by atoms with Crippen LogP contribution in [0, 0.1) is 0 Å². The van der Waals surface area contributed by atoms with E-state index in [2.05, 4.69) is 10.5 Å². The van der Waals surface area contributed by atoms with Crippen molar-refractivity contribution in [3.8, 4) is 17.2 Å². The number of carbonyl (C=O) groups is 2. The molecule has 0 radical (unpaired) electrons. The maximum Gasteiger partial charge on any atom is 0.271 e. The monoisotopic (exact) mass is 385 g/mol. The van der Waals surface area contributed by atoms with Gasteiger partial charge in [0.15, 0.2) is 11.5 Å². The summed E-state index contributed by atoms with van der Waals surface area (Å²) in [4.78, 5) is 22.8. The molecule has 0 unspecified atom stereocenters. The van der Waals surface area contributed by atoms with Gasteiger partial charge in [0.05, 0.1) is 25.4 Å². The Morgan fingerprint density at radius 2 is 1.89 bits per heavy atom. The average Bonchev–Trinajstić information content (AvgIpc) is 2.66. The molecule has 0 saturated heterocycles. The van der Waals surface area contributed by atoms with Gasteiger partial charge in [-0.05, 0) is 44.2 Å². The minimum Gasteiger partial charge on any atom is -0.546 e. The maximum atomic E-state index is 12.3. The van der Waals surface area contributed by atoms with E-state index in [4.69, 9.17) is 14.2 Å². The Labute approximate surface area is 162 Å². The molecule has 1 N–H and O–H groups in total. The van der Waals surface area contributed by atoms with E-state index < -0.39 is 18.5 Å². The second-order valence-corrected chi connectivity index (χ2v) is 5.93. The van der Waals surface area contributed by atoms with Crippen LogP contribution >= 0.6 is 0 Å². The largest absolute Gasteiger partial charge is 0.546 e. The highest BCUT2D eigenvalue weighted by molar-refractivity contribution is 5.95. The van der Waals surface area contributed by atoms with Crippen LogP contribution in [0.5, 0.6) is 17.2 Å². The minimum absolute atomic E-state index is 0.0302. The van der Waals surface area contributed by atoms with Crippen LogP contribution in [0.4, 0.5) is 0 Å². The van der Waals surface area contributed by atoms with E-state index in [0.717, 1.165) is 0 Å². The number of rotatable bonds is 9. The summed E-state index contributed by atoms with van der Waals surface area (Å²) in [5.74, 6) is -0.498. The van der Waals surface area contributed by atoms with Crippen LogP contribution in [-0.2, 0) is 4.79 Å². The highest BCUT2D eigenvalue weighted by atomic mass is 16.5. The number of benzene rings is 2. The molecule has 0 saturated carbocycles. The Morgan fingerprint density at radius 3 is 2.57 bits per heavy atom. The van der Waals surface area contributed by atoms with Gasteiger partial charge in [0.1, 0.15) is 12.4 Å². The number of carbonyl (C=O) groups excluding carboxylic acids is 2. The van der Waals surface area contributed by atoms with Crippen LogP contribution in [0.25, 0.3) is 0 Å². The van der Waals surface area contributed by atoms with E-state index in [1.54, 1.807) is 42.5 Å². The molecule has 2 aromatic rings. The number of hydrazone groups is 1. The van der Waals surface area contributed by atoms with Crippen molar-refractivity contribution < 1.29 is 28.9 Å². The predicted molar refractivity (Wildman–Crippen MR) is 101 cm³/mol. The van der Waals surface area contributed by atoms with Gasteiger partial charge in [-0.25, -0.2) is 5.43 Å². The van der Waals surface area contributed by atoms with E-state index >= 15 is 0 Å². The Morgan fingerprint density at radius 1 is 1.14 bits per heavy atom. The Bertz CT molecular complexity index is 864. The Hall–Kier alpha value is -3.55. The van der Waals surface area contributed by atoms with Gasteiger partial charge in [0, 0.05) is 11.1 Å². The van der Waals surface area contributed by atoms with Crippen LogP contribution in [-0.4, -0.2) is 37.9 Å². The average molecular weight is 385 g/mol. The van der Waals surface area contributed by atoms with Crippen molar-refractivity contribution in [3.63, 3.8) is 0 Å². The number of hydrogen-bond acceptors (Lipinski definition) is 7. The minimum atomic E-state index is -1.33. The van der Waals surface area contributed by atoms with Gasteiger partial charge in [0.25, 0.3) is 5.91 Å². The summed E-state index contributed by atoms with van der Waals surface area (Å²) in [5, 5.41) is 14.4. The van der Waals surface area contributed by atoms with Gasteiger partial charge in [-0.3, -0.25) is 4.79 Å². The van der Waals surface area contributed by atoms with Crippen molar-refractivity contribution in [2.24, 2.45) is 5.10 Å². The summed E-state index contributed by atoms with van der Waals surface area (Å²) in [7, 11) is 1.49. The third-order valence-corrected chi connectivity index (χ3v) is 3.42. The Kier molecular flexibility index (Phi) is 7.38. The molecule has 8 nitrogen and oxygen atoms in total. The number of carboxylic acids is 1. The summed E-state index contributed by atoms with van der Waals surface area (Å²) in [5.41, 5.74) is 3.24. The van der Waals surface area contributed by atoms with Crippen LogP contribution in [0.1, 0.15) is 29.8 Å². The van der Waals surface area contributed by atoms with Crippen molar-refractivity contribution in [2.75, 3.05) is 13.7 Å². The van der Waals surface area contributed by atoms with E-state index in [1.165, 1.54) is 13.3 Å². The lowest BCUT2D eigenvalue weighted by Gasteiger charge is -2.14. The smallest absolute Gasteiger partial charge is 0.271 e. The molecule has 28 heavy (non-hydrogen) atoms. The van der Waals surface area contributed by atoms with Gasteiger partial charge in [-0.15, -0.1) is 0 Å². The molecular weight excluding hydrogens is 364 g/mol. The molecule has 0 fully saturated rings. The first-order valence-corrected chi connectivity index (χ1v) is 8.50. The van der Waals surface area contributed by atoms with Gasteiger partial charge in [0.2, 0.25) is 0 Å². The zero-order valence-electron chi connectivity index (χ0n) is 15.8. The van der Waals surface area contributed by atoms with Gasteiger partial charge in [-0.2, -0.15) is 5.10 Å². The molecule has 0 aliphatic heterocycles. The molecule has 8 heteroatoms. The fraction of sp³-hybridized carbons (Fsp3) is 0.250. The molecule has 0 bridgehead atoms. The first kappa shape index (κ1) is 20.8. The molecule has 0 aliphatic carbocycles. The van der Waals surface area contributed by atoms with Crippen LogP contribution in [0.2, 0.25) is 0 Å². The number of amides is 1. The zero-order valence-corrected chi connectivity index (χ0v) is 15.8. The molecule has 2 rings (SSSR count). The van der Waals surface area contributed by atoms with Crippen LogP contribution in [0.15, 0.2) is 47.6 Å². The Balaban J connectivity index is 2.07. The molecule has 0 aliphatic rings. The number of nitrogens with zero attached hydrogens (tertiary/aromatic N) is 1. The first-order chi connectivity index (χ1) is 13.4. The normalized spacial score (nSPS) is 10.7. The lowest BCUT2D eigenvalue weighted by molar-refractivity contribution is -0.307. The molecule has 0 spiro atoms. The van der Waals surface area contributed by atoms with Crippen molar-refractivity contribution in [3.05, 3.63) is 53.6 Å². The number of carboxylic acid groups (broad SMARTS) is 1. The quantitative estimate of drug-likeness (QED) is 0.516. The summed E-state index contributed by atoms with van der Waals surface area (Å²) < 4.78 is 16.0. The lowest BCUT2D eigenvalue weighted by Crippen LogP contribution is -2.29. The van der Waals surface area contributed by atoms with Crippen LogP contribution in [0.3, 0.4) is 0 Å². The van der Waals surface area contributed by atoms with E-state index in [-0.39, 0.29) is 6.10 Å². The van der Waals surface area contributed by atoms with Gasteiger partial charge in [-0.1, -0.05) is 12.1 Å². The molecule has 0 atom stereocenters. The summed E-state index contributed by atoms with van der Waals surface area (Å²) in [6, 6.07) is 11.5. The highest BCUT2D eigenvalue weighted by Crippen LogP contribution is 2.29. The van der Waals surface area contributed by atoms with Gasteiger partial charge < -0.3 is 24.1 Å². The summed E-state index contributed by atoms with van der Waals surface area (Å²) >= 11 is 0. The molecule has 0 aromatic heterocycles. The van der Waals surface area contributed by atoms with Crippen molar-refractivity contribution in [1.29, 1.82) is 0 Å². The zero-order chi connectivity index (χ0) is 20.5. The SMILES string of the molecule is COc1cc(C(=O)N/N=C\c2ccccc2OCC(=O)[O-])ccc1OC(C)C. The number of ether oxygens (including phenoxy) is 3. The fourth-order valence-corrected chi connectivity index (χ4v) is 2.24. The third kappa shape index (κ3) is 6.01. The fourth-order valence-electron chi connectivity index (χ4n) is 2.24. The number of methoxy groups -OCH3 is 1. The number of aliphatic carboxylic acids is 1. The number of nitrogens with one attached hydrogen (secondary N) is 1. The summed E-state index contributed by atoms with van der Waals surface area (Å²) in [6.07, 6.45) is 1.33. The predicted octanol–water partition coefficient (Wildman–Crippen LogP) is 1.37. The van der Waals surface area contributed by atoms with E-state index in [9.17, 15) is 14.7 Å². The summed E-state index contributed by atoms with van der Waals surface area (Å²) in [6.45, 7) is 3.20. The maximum absolute atomic E-state index is 12.3. The van der Waals surface area contributed by atoms with Gasteiger partial charge >= 0.3 is 0 Å². The molecule has 1 amide bonds. The van der Waals surface area contributed by atoms with Crippen LogP contribution < -0.4 is 24.7 Å². The topological polar surface area (TPSA) is 109 Å². The standard InChI is InChI=1S/C20H22N2O6/c1-13(2)28-17-9-8-14(10-18(17)26-3)20(25)22-21-11-15-6-4-5-7-16(15)27-12-19(23)24/h4-11,13H,12H2,1-3H3,(H,22,25)(H,23,24)/p-1/b21-11-. The second-order valence-electron chi connectivity index (χ2n) is 5.93. The molecule has 0 heterocycles. The van der Waals surface area contributed by atoms with E-state index in [0.29, 0.717) is 28.4 Å². The van der Waals surface area contributed by atoms with Crippen molar-refractivity contribution in [2.45, 2.75) is 20.0 Å². The molecular formula is C20H21N2O6-. The molecule has 2 aromatic carbocycles. The third-order valence-electron chi connectivity index (χ3n) is 3.42. The van der Waals surface area contributed by atoms with Crippen molar-refractivity contribution in [1.82, 2.24) is 5.43 Å². The van der Waals surface area contributed by atoms with Crippen molar-refractivity contribution >= 4 is 18.1 Å². The number of para-hydroxylation sites is 1. The number of hydrogen-bond donors (Lipinski definition) is 1.